The highest BCUT2D eigenvalue weighted by atomic mass is 16.5. The fraction of sp³-hybridized carbons (Fsp3) is 0.188. The van der Waals surface area contributed by atoms with E-state index in [1.807, 2.05) is 55.5 Å². The van der Waals surface area contributed by atoms with E-state index in [0.717, 1.165) is 5.56 Å². The summed E-state index contributed by atoms with van der Waals surface area (Å²) >= 11 is 0. The Morgan fingerprint density at radius 3 is 2.47 bits per heavy atom. The summed E-state index contributed by atoms with van der Waals surface area (Å²) in [7, 11) is 1.61. The average molecular weight is 253 g/mol. The molecule has 19 heavy (non-hydrogen) atoms. The van der Waals surface area contributed by atoms with Crippen LogP contribution in [0.25, 0.3) is 0 Å². The zero-order valence-electron chi connectivity index (χ0n) is 11.0. The van der Waals surface area contributed by atoms with Crippen molar-refractivity contribution in [2.75, 3.05) is 7.11 Å². The first-order chi connectivity index (χ1) is 9.24. The molecule has 0 bridgehead atoms. The Morgan fingerprint density at radius 1 is 1.05 bits per heavy atom. The monoisotopic (exact) mass is 253 g/mol. The van der Waals surface area contributed by atoms with Crippen molar-refractivity contribution in [3.05, 3.63) is 54.1 Å². The SMILES string of the molecule is COc1ccccc1Oc1cccc(C(C)C#N)c1. The lowest BCUT2D eigenvalue weighted by atomic mass is 10.0. The molecule has 3 heteroatoms. The van der Waals surface area contributed by atoms with Crippen LogP contribution in [0.4, 0.5) is 0 Å². The fourth-order valence-electron chi connectivity index (χ4n) is 1.75. The van der Waals surface area contributed by atoms with Crippen molar-refractivity contribution < 1.29 is 9.47 Å². The lowest BCUT2D eigenvalue weighted by Crippen LogP contribution is -1.92. The Morgan fingerprint density at radius 2 is 1.79 bits per heavy atom. The smallest absolute Gasteiger partial charge is 0.169 e. The highest BCUT2D eigenvalue weighted by molar-refractivity contribution is 5.43. The molecule has 0 aliphatic carbocycles. The topological polar surface area (TPSA) is 42.2 Å². The molecule has 0 N–H and O–H groups in total. The number of methoxy groups -OCH3 is 1. The summed E-state index contributed by atoms with van der Waals surface area (Å²) in [6.45, 7) is 1.86. The molecule has 0 spiro atoms. The minimum Gasteiger partial charge on any atom is -0.493 e. The van der Waals surface area contributed by atoms with Crippen LogP contribution in [0.2, 0.25) is 0 Å². The summed E-state index contributed by atoms with van der Waals surface area (Å²) in [4.78, 5) is 0. The van der Waals surface area contributed by atoms with Gasteiger partial charge in [-0.3, -0.25) is 0 Å². The molecule has 2 aromatic carbocycles. The van der Waals surface area contributed by atoms with E-state index in [2.05, 4.69) is 6.07 Å². The van der Waals surface area contributed by atoms with Gasteiger partial charge in [0, 0.05) is 0 Å². The molecular formula is C16H15NO2. The number of benzene rings is 2. The molecule has 0 saturated carbocycles. The van der Waals surface area contributed by atoms with Crippen LogP contribution in [-0.2, 0) is 0 Å². The van der Waals surface area contributed by atoms with Crippen molar-refractivity contribution in [1.82, 2.24) is 0 Å². The maximum Gasteiger partial charge on any atom is 0.169 e. The van der Waals surface area contributed by atoms with Gasteiger partial charge in [-0.2, -0.15) is 5.26 Å². The zero-order valence-corrected chi connectivity index (χ0v) is 11.0. The van der Waals surface area contributed by atoms with Gasteiger partial charge in [0.25, 0.3) is 0 Å². The van der Waals surface area contributed by atoms with Crippen molar-refractivity contribution in [3.8, 4) is 23.3 Å². The van der Waals surface area contributed by atoms with Crippen molar-refractivity contribution in [2.45, 2.75) is 12.8 Å². The van der Waals surface area contributed by atoms with Gasteiger partial charge in [0.2, 0.25) is 0 Å². The molecule has 2 aromatic rings. The Balaban J connectivity index is 2.26. The van der Waals surface area contributed by atoms with E-state index >= 15 is 0 Å². The molecule has 1 unspecified atom stereocenters. The molecular weight excluding hydrogens is 238 g/mol. The third kappa shape index (κ3) is 3.05. The Bertz CT molecular complexity index is 602. The first-order valence-corrected chi connectivity index (χ1v) is 6.05. The molecule has 0 amide bonds. The van der Waals surface area contributed by atoms with Crippen molar-refractivity contribution >= 4 is 0 Å². The first kappa shape index (κ1) is 13.0. The molecule has 1 atom stereocenters. The second kappa shape index (κ2) is 5.92. The second-order valence-electron chi connectivity index (χ2n) is 4.18. The number of para-hydroxylation sites is 2. The van der Waals surface area contributed by atoms with Gasteiger partial charge >= 0.3 is 0 Å². The summed E-state index contributed by atoms with van der Waals surface area (Å²) in [6, 6.07) is 17.2. The average Bonchev–Trinajstić information content (AvgIpc) is 2.47. The standard InChI is InChI=1S/C16H15NO2/c1-12(11-17)13-6-5-7-14(10-13)19-16-9-4-3-8-15(16)18-2/h3-10,12H,1-2H3. The minimum atomic E-state index is -0.152. The van der Waals surface area contributed by atoms with Gasteiger partial charge < -0.3 is 9.47 Å². The molecule has 3 nitrogen and oxygen atoms in total. The van der Waals surface area contributed by atoms with Crippen molar-refractivity contribution in [1.29, 1.82) is 5.26 Å². The minimum absolute atomic E-state index is 0.152. The Hall–Kier alpha value is -2.47. The van der Waals surface area contributed by atoms with Gasteiger partial charge in [0.05, 0.1) is 19.1 Å². The first-order valence-electron chi connectivity index (χ1n) is 6.05. The van der Waals surface area contributed by atoms with Crippen LogP contribution in [0.5, 0.6) is 17.2 Å². The third-order valence-electron chi connectivity index (χ3n) is 2.85. The van der Waals surface area contributed by atoms with Gasteiger partial charge in [-0.05, 0) is 36.8 Å². The quantitative estimate of drug-likeness (QED) is 0.823. The van der Waals surface area contributed by atoms with Crippen LogP contribution < -0.4 is 9.47 Å². The van der Waals surface area contributed by atoms with Crippen molar-refractivity contribution in [3.63, 3.8) is 0 Å². The number of rotatable bonds is 4. The fourth-order valence-corrected chi connectivity index (χ4v) is 1.75. The van der Waals surface area contributed by atoms with E-state index in [0.29, 0.717) is 17.2 Å². The van der Waals surface area contributed by atoms with Gasteiger partial charge in [-0.25, -0.2) is 0 Å². The van der Waals surface area contributed by atoms with Crippen LogP contribution in [0.3, 0.4) is 0 Å². The molecule has 0 radical (unpaired) electrons. The summed E-state index contributed by atoms with van der Waals surface area (Å²) in [5, 5.41) is 8.94. The van der Waals surface area contributed by atoms with Gasteiger partial charge in [0.1, 0.15) is 5.75 Å². The highest BCUT2D eigenvalue weighted by Crippen LogP contribution is 2.31. The summed E-state index contributed by atoms with van der Waals surface area (Å²) in [5.74, 6) is 1.89. The van der Waals surface area contributed by atoms with Crippen molar-refractivity contribution in [2.24, 2.45) is 0 Å². The molecule has 96 valence electrons. The van der Waals surface area contributed by atoms with Gasteiger partial charge in [-0.1, -0.05) is 24.3 Å². The second-order valence-corrected chi connectivity index (χ2v) is 4.18. The molecule has 0 saturated heterocycles. The molecule has 0 aromatic heterocycles. The van der Waals surface area contributed by atoms with Crippen LogP contribution in [0, 0.1) is 11.3 Å². The van der Waals surface area contributed by atoms with Crippen LogP contribution in [-0.4, -0.2) is 7.11 Å². The summed E-state index contributed by atoms with van der Waals surface area (Å²) in [6.07, 6.45) is 0. The molecule has 0 fully saturated rings. The number of nitriles is 1. The zero-order chi connectivity index (χ0) is 13.7. The predicted molar refractivity (Wildman–Crippen MR) is 73.5 cm³/mol. The maximum absolute atomic E-state index is 8.94. The Labute approximate surface area is 113 Å². The Kier molecular flexibility index (Phi) is 4.04. The normalized spacial score (nSPS) is 11.4. The number of nitrogens with zero attached hydrogens (tertiary/aromatic N) is 1. The highest BCUT2D eigenvalue weighted by Gasteiger charge is 2.07. The molecule has 0 heterocycles. The van der Waals surface area contributed by atoms with Crippen LogP contribution in [0.1, 0.15) is 18.4 Å². The van der Waals surface area contributed by atoms with E-state index < -0.39 is 0 Å². The van der Waals surface area contributed by atoms with Gasteiger partial charge in [0.15, 0.2) is 11.5 Å². The lowest BCUT2D eigenvalue weighted by Gasteiger charge is -2.11. The largest absolute Gasteiger partial charge is 0.493 e. The maximum atomic E-state index is 8.94. The van der Waals surface area contributed by atoms with Gasteiger partial charge in [-0.15, -0.1) is 0 Å². The van der Waals surface area contributed by atoms with E-state index in [1.165, 1.54) is 0 Å². The number of hydrogen-bond acceptors (Lipinski definition) is 3. The number of ether oxygens (including phenoxy) is 2. The predicted octanol–water partition coefficient (Wildman–Crippen LogP) is 4.11. The number of hydrogen-bond donors (Lipinski definition) is 0. The third-order valence-corrected chi connectivity index (χ3v) is 2.85. The van der Waals surface area contributed by atoms with Crippen LogP contribution in [0.15, 0.2) is 48.5 Å². The summed E-state index contributed by atoms with van der Waals surface area (Å²) < 4.78 is 11.0. The van der Waals surface area contributed by atoms with E-state index in [-0.39, 0.29) is 5.92 Å². The van der Waals surface area contributed by atoms with E-state index in [1.54, 1.807) is 7.11 Å². The van der Waals surface area contributed by atoms with E-state index in [9.17, 15) is 0 Å². The summed E-state index contributed by atoms with van der Waals surface area (Å²) in [5.41, 5.74) is 0.940. The molecule has 0 aliphatic heterocycles. The lowest BCUT2D eigenvalue weighted by molar-refractivity contribution is 0.378. The van der Waals surface area contributed by atoms with E-state index in [4.69, 9.17) is 14.7 Å². The molecule has 0 aliphatic rings. The van der Waals surface area contributed by atoms with Crippen LogP contribution >= 0.6 is 0 Å². The molecule has 2 rings (SSSR count).